The Labute approximate surface area is 551 Å². The summed E-state index contributed by atoms with van der Waals surface area (Å²) in [4.78, 5) is 35.4. The van der Waals surface area contributed by atoms with E-state index in [4.69, 9.17) is 24.3 Å². The van der Waals surface area contributed by atoms with Crippen molar-refractivity contribution < 1.29 is 37.6 Å². The molecule has 0 aliphatic carbocycles. The minimum Gasteiger partial charge on any atom is -0.462 e. The van der Waals surface area contributed by atoms with E-state index in [1.54, 1.807) is 0 Å². The van der Waals surface area contributed by atoms with Crippen LogP contribution >= 0.6 is 7.82 Å². The first-order chi connectivity index (χ1) is 43.8. The molecule has 2 atom stereocenters. The minimum atomic E-state index is -4.40. The number of hydrogen-bond acceptors (Lipinski definition) is 8. The molecule has 0 fully saturated rings. The monoisotopic (exact) mass is 1270 g/mol. The minimum absolute atomic E-state index is 0.0539. The number of phosphoric acid groups is 1. The van der Waals surface area contributed by atoms with Crippen molar-refractivity contribution >= 4 is 19.8 Å². The number of phosphoric ester groups is 1. The lowest BCUT2D eigenvalue weighted by molar-refractivity contribution is -0.161. The predicted octanol–water partition coefficient (Wildman–Crippen LogP) is 25.3. The Bertz CT molecular complexity index is 1740. The van der Waals surface area contributed by atoms with E-state index in [-0.39, 0.29) is 38.6 Å². The first-order valence-corrected chi connectivity index (χ1v) is 39.6. The SMILES string of the molecule is CC/C=C\C/C=C\C/C=C\C/C=C\C/C=C\C/C=C\CCCCCCCCCCCCCCCCCCCCCCC(=O)OC(COC(=O)CCCCCCCCCCCCCCCCCCC/C=C\CCCCCCCCCC)COP(=O)(O)OCCN. The summed E-state index contributed by atoms with van der Waals surface area (Å²) >= 11 is 0. The average molecular weight is 1270 g/mol. The van der Waals surface area contributed by atoms with Crippen LogP contribution in [-0.4, -0.2) is 49.3 Å². The van der Waals surface area contributed by atoms with Gasteiger partial charge in [0.05, 0.1) is 13.2 Å². The maximum absolute atomic E-state index is 12.8. The lowest BCUT2D eigenvalue weighted by Gasteiger charge is -2.19. The number of hydrogen-bond donors (Lipinski definition) is 2. The standard InChI is InChI=1S/C79H144NO8P/c1-3-5-7-9-11-13-15-17-19-21-23-25-27-29-31-33-34-35-36-37-38-39-40-41-42-44-46-48-50-52-54-56-58-60-62-64-66-68-70-72-79(82)88-77(76-87-89(83,84)86-74-73-80)75-85-78(81)71-69-67-65-63-61-59-57-55-53-51-49-47-45-43-32-30-28-26-24-22-20-18-16-14-12-10-8-6-4-2/h5,7,11,13,17,19,22-25,29,31,34-35,77H,3-4,6,8-10,12,14-16,18,20-21,26-28,30,32-33,36-76,80H2,1-2H3,(H,83,84)/b7-5-,13-11-,19-17-,24-22-,25-23-,31-29-,35-34-. The Morgan fingerprint density at radius 2 is 0.618 bits per heavy atom. The van der Waals surface area contributed by atoms with Gasteiger partial charge in [-0.2, -0.15) is 0 Å². The van der Waals surface area contributed by atoms with Gasteiger partial charge < -0.3 is 20.1 Å². The zero-order chi connectivity index (χ0) is 64.4. The second-order valence-corrected chi connectivity index (χ2v) is 26.9. The van der Waals surface area contributed by atoms with Gasteiger partial charge in [0.15, 0.2) is 6.10 Å². The Morgan fingerprint density at radius 1 is 0.348 bits per heavy atom. The summed E-state index contributed by atoms with van der Waals surface area (Å²) in [6, 6.07) is 0. The zero-order valence-corrected chi connectivity index (χ0v) is 59.3. The van der Waals surface area contributed by atoms with Crippen LogP contribution in [0, 0.1) is 0 Å². The van der Waals surface area contributed by atoms with Gasteiger partial charge in [0.25, 0.3) is 0 Å². The summed E-state index contributed by atoms with van der Waals surface area (Å²) in [5.74, 6) is -0.809. The van der Waals surface area contributed by atoms with Crippen LogP contribution in [0.15, 0.2) is 85.1 Å². The molecule has 0 heterocycles. The van der Waals surface area contributed by atoms with Crippen molar-refractivity contribution in [1.29, 1.82) is 0 Å². The Kier molecular flexibility index (Phi) is 71.9. The van der Waals surface area contributed by atoms with E-state index in [1.165, 1.54) is 270 Å². The van der Waals surface area contributed by atoms with Gasteiger partial charge in [-0.15, -0.1) is 0 Å². The highest BCUT2D eigenvalue weighted by Gasteiger charge is 2.26. The topological polar surface area (TPSA) is 134 Å². The van der Waals surface area contributed by atoms with Crippen LogP contribution in [0.3, 0.4) is 0 Å². The molecule has 518 valence electrons. The molecule has 10 heteroatoms. The molecule has 0 aliphatic heterocycles. The molecule has 0 saturated carbocycles. The molecule has 0 aromatic heterocycles. The quantitative estimate of drug-likeness (QED) is 0.0264. The second kappa shape index (κ2) is 74.2. The van der Waals surface area contributed by atoms with E-state index in [9.17, 15) is 19.0 Å². The van der Waals surface area contributed by atoms with Crippen molar-refractivity contribution in [3.05, 3.63) is 85.1 Å². The lowest BCUT2D eigenvalue weighted by atomic mass is 10.0. The highest BCUT2D eigenvalue weighted by Crippen LogP contribution is 2.43. The number of carbonyl (C=O) groups is 2. The molecule has 3 N–H and O–H groups in total. The number of ether oxygens (including phenoxy) is 2. The maximum Gasteiger partial charge on any atom is 0.472 e. The van der Waals surface area contributed by atoms with Crippen molar-refractivity contribution in [2.45, 2.75) is 380 Å². The van der Waals surface area contributed by atoms with Crippen molar-refractivity contribution in [3.63, 3.8) is 0 Å². The molecule has 0 aromatic carbocycles. The van der Waals surface area contributed by atoms with Crippen LogP contribution in [0.2, 0.25) is 0 Å². The fourth-order valence-electron chi connectivity index (χ4n) is 11.2. The van der Waals surface area contributed by atoms with Gasteiger partial charge in [0.2, 0.25) is 0 Å². The third kappa shape index (κ3) is 74.1. The van der Waals surface area contributed by atoms with Crippen LogP contribution < -0.4 is 5.73 Å². The summed E-state index contributed by atoms with van der Waals surface area (Å²) in [5.41, 5.74) is 5.41. The van der Waals surface area contributed by atoms with Crippen LogP contribution in [0.4, 0.5) is 0 Å². The molecule has 0 radical (unpaired) electrons. The van der Waals surface area contributed by atoms with E-state index >= 15 is 0 Å². The second-order valence-electron chi connectivity index (χ2n) is 25.5. The molecular formula is C79H144NO8P. The van der Waals surface area contributed by atoms with Crippen molar-refractivity contribution in [2.75, 3.05) is 26.4 Å². The largest absolute Gasteiger partial charge is 0.472 e. The third-order valence-corrected chi connectivity index (χ3v) is 17.7. The molecule has 0 aromatic rings. The number of allylic oxidation sites excluding steroid dienone is 14. The van der Waals surface area contributed by atoms with Gasteiger partial charge in [0, 0.05) is 19.4 Å². The predicted molar refractivity (Wildman–Crippen MR) is 386 cm³/mol. The van der Waals surface area contributed by atoms with Crippen LogP contribution in [0.1, 0.15) is 373 Å². The Hall–Kier alpha value is -2.81. The summed E-state index contributed by atoms with van der Waals surface area (Å²) in [5, 5.41) is 0. The molecule has 0 rings (SSSR count). The van der Waals surface area contributed by atoms with Gasteiger partial charge in [-0.3, -0.25) is 18.6 Å². The van der Waals surface area contributed by atoms with Gasteiger partial charge in [0.1, 0.15) is 6.61 Å². The summed E-state index contributed by atoms with van der Waals surface area (Å²) in [6.07, 6.45) is 99.9. The Balaban J connectivity index is 3.80. The summed E-state index contributed by atoms with van der Waals surface area (Å²) < 4.78 is 33.2. The Morgan fingerprint density at radius 3 is 0.933 bits per heavy atom. The molecule has 0 bridgehead atoms. The van der Waals surface area contributed by atoms with Gasteiger partial charge >= 0.3 is 19.8 Å². The first kappa shape index (κ1) is 86.2. The lowest BCUT2D eigenvalue weighted by Crippen LogP contribution is -2.29. The number of unbranched alkanes of at least 4 members (excludes halogenated alkanes) is 45. The number of nitrogens with two attached hydrogens (primary N) is 1. The molecule has 2 unspecified atom stereocenters. The molecule has 0 amide bonds. The van der Waals surface area contributed by atoms with Gasteiger partial charge in [-0.05, 0) is 89.9 Å². The summed E-state index contributed by atoms with van der Waals surface area (Å²) in [7, 11) is -4.40. The summed E-state index contributed by atoms with van der Waals surface area (Å²) in [6.45, 7) is 3.69. The van der Waals surface area contributed by atoms with E-state index in [0.717, 1.165) is 70.6 Å². The van der Waals surface area contributed by atoms with Crippen molar-refractivity contribution in [1.82, 2.24) is 0 Å². The molecular weight excluding hydrogens is 1120 g/mol. The normalized spacial score (nSPS) is 13.3. The first-order valence-electron chi connectivity index (χ1n) is 38.1. The van der Waals surface area contributed by atoms with Crippen molar-refractivity contribution in [2.24, 2.45) is 5.73 Å². The molecule has 89 heavy (non-hydrogen) atoms. The zero-order valence-electron chi connectivity index (χ0n) is 58.4. The highest BCUT2D eigenvalue weighted by molar-refractivity contribution is 7.47. The smallest absolute Gasteiger partial charge is 0.462 e. The van der Waals surface area contributed by atoms with E-state index in [2.05, 4.69) is 98.9 Å². The fourth-order valence-corrected chi connectivity index (χ4v) is 11.9. The fraction of sp³-hybridized carbons (Fsp3) is 0.797. The average Bonchev–Trinajstić information content (AvgIpc) is 3.68. The van der Waals surface area contributed by atoms with E-state index in [1.807, 2.05) is 0 Å². The van der Waals surface area contributed by atoms with E-state index < -0.39 is 26.5 Å². The van der Waals surface area contributed by atoms with Crippen LogP contribution in [-0.2, 0) is 32.7 Å². The molecule has 0 saturated heterocycles. The molecule has 0 aliphatic rings. The van der Waals surface area contributed by atoms with Crippen LogP contribution in [0.5, 0.6) is 0 Å². The number of esters is 2. The molecule has 0 spiro atoms. The van der Waals surface area contributed by atoms with E-state index in [0.29, 0.717) is 6.42 Å². The number of rotatable bonds is 72. The van der Waals surface area contributed by atoms with Crippen LogP contribution in [0.25, 0.3) is 0 Å². The third-order valence-electron chi connectivity index (χ3n) is 16.8. The van der Waals surface area contributed by atoms with Crippen molar-refractivity contribution in [3.8, 4) is 0 Å². The number of carbonyl (C=O) groups excluding carboxylic acids is 2. The maximum atomic E-state index is 12.8. The highest BCUT2D eigenvalue weighted by atomic mass is 31.2. The van der Waals surface area contributed by atoms with Gasteiger partial charge in [-0.1, -0.05) is 356 Å². The molecule has 9 nitrogen and oxygen atoms in total. The van der Waals surface area contributed by atoms with Gasteiger partial charge in [-0.25, -0.2) is 4.57 Å².